The van der Waals surface area contributed by atoms with E-state index in [9.17, 15) is 4.79 Å². The van der Waals surface area contributed by atoms with E-state index >= 15 is 0 Å². The smallest absolute Gasteiger partial charge is 0.168 e. The number of ketones is 1. The number of thiophene rings is 1. The fourth-order valence-corrected chi connectivity index (χ4v) is 3.68. The molecule has 1 aliphatic carbocycles. The summed E-state index contributed by atoms with van der Waals surface area (Å²) in [7, 11) is 0. The molecule has 0 amide bonds. The first-order valence-corrected chi connectivity index (χ1v) is 8.11. The summed E-state index contributed by atoms with van der Waals surface area (Å²) in [5, 5.41) is 3.15. The number of hydrogen-bond acceptors (Lipinski definition) is 3. The molecule has 1 aromatic carbocycles. The lowest BCUT2D eigenvalue weighted by atomic mass is 9.92. The molecule has 2 heterocycles. The third-order valence-corrected chi connectivity index (χ3v) is 4.86. The third kappa shape index (κ3) is 2.09. The molecule has 1 aliphatic rings. The predicted octanol–water partition coefficient (Wildman–Crippen LogP) is 4.86. The third-order valence-electron chi connectivity index (χ3n) is 4.05. The van der Waals surface area contributed by atoms with Gasteiger partial charge >= 0.3 is 0 Å². The highest BCUT2D eigenvalue weighted by molar-refractivity contribution is 7.16. The fourth-order valence-electron chi connectivity index (χ4n) is 2.86. The number of hydrogen-bond donors (Lipinski definition) is 0. The van der Waals surface area contributed by atoms with E-state index in [0.29, 0.717) is 0 Å². The molecule has 2 aromatic heterocycles. The molecule has 3 heteroatoms. The van der Waals surface area contributed by atoms with Crippen molar-refractivity contribution in [2.45, 2.75) is 19.8 Å². The number of nitrogens with zero attached hydrogens (tertiary/aromatic N) is 1. The predicted molar refractivity (Wildman–Crippen MR) is 86.8 cm³/mol. The quantitative estimate of drug-likeness (QED) is 0.645. The van der Waals surface area contributed by atoms with Crippen LogP contribution >= 0.6 is 11.3 Å². The highest BCUT2D eigenvalue weighted by Gasteiger charge is 2.34. The molecule has 2 nitrogen and oxygen atoms in total. The molecule has 0 aliphatic heterocycles. The van der Waals surface area contributed by atoms with Crippen LogP contribution in [0.3, 0.4) is 0 Å². The van der Waals surface area contributed by atoms with Crippen molar-refractivity contribution in [1.82, 2.24) is 4.98 Å². The van der Waals surface area contributed by atoms with Gasteiger partial charge in [-0.2, -0.15) is 0 Å². The lowest BCUT2D eigenvalue weighted by molar-refractivity contribution is 0.0967. The maximum Gasteiger partial charge on any atom is 0.168 e. The van der Waals surface area contributed by atoms with Gasteiger partial charge in [0.2, 0.25) is 0 Å². The van der Waals surface area contributed by atoms with Crippen molar-refractivity contribution in [1.29, 1.82) is 0 Å². The number of rotatable bonds is 3. The van der Waals surface area contributed by atoms with Crippen molar-refractivity contribution in [2.24, 2.45) is 5.92 Å². The van der Waals surface area contributed by atoms with Crippen LogP contribution in [0.1, 0.15) is 28.9 Å². The molecule has 0 spiro atoms. The van der Waals surface area contributed by atoms with Gasteiger partial charge in [0.1, 0.15) is 4.83 Å². The van der Waals surface area contributed by atoms with E-state index in [1.165, 1.54) is 0 Å². The summed E-state index contributed by atoms with van der Waals surface area (Å²) >= 11 is 1.63. The van der Waals surface area contributed by atoms with Gasteiger partial charge in [-0.3, -0.25) is 4.79 Å². The first-order chi connectivity index (χ1) is 10.3. The Morgan fingerprint density at radius 1 is 1.19 bits per heavy atom. The minimum atomic E-state index is 0.212. The Morgan fingerprint density at radius 2 is 1.95 bits per heavy atom. The second-order valence-corrected chi connectivity index (χ2v) is 6.49. The number of fused-ring (bicyclic) bond motifs is 1. The number of aromatic nitrogens is 1. The molecule has 1 saturated carbocycles. The minimum absolute atomic E-state index is 0.212. The maximum atomic E-state index is 12.8. The van der Waals surface area contributed by atoms with Crippen LogP contribution in [0.2, 0.25) is 0 Å². The van der Waals surface area contributed by atoms with Gasteiger partial charge in [0.15, 0.2) is 5.78 Å². The van der Waals surface area contributed by atoms with Gasteiger partial charge in [0.05, 0.1) is 5.69 Å². The van der Waals surface area contributed by atoms with E-state index in [1.807, 2.05) is 25.1 Å². The molecule has 0 atom stereocenters. The highest BCUT2D eigenvalue weighted by Crippen LogP contribution is 2.40. The Bertz CT molecular complexity index is 831. The SMILES string of the molecule is Cc1nc2sccc2c(-c2ccccc2)c1C(=O)C1CC1. The van der Waals surface area contributed by atoms with Gasteiger partial charge in [0, 0.05) is 22.4 Å². The lowest BCUT2D eigenvalue weighted by Crippen LogP contribution is -2.08. The molecule has 0 N–H and O–H groups in total. The summed E-state index contributed by atoms with van der Waals surface area (Å²) in [5.41, 5.74) is 3.86. The summed E-state index contributed by atoms with van der Waals surface area (Å²) in [4.78, 5) is 18.4. The zero-order chi connectivity index (χ0) is 14.4. The van der Waals surface area contributed by atoms with E-state index in [1.54, 1.807) is 11.3 Å². The molecule has 0 unspecified atom stereocenters. The molecule has 0 radical (unpaired) electrons. The second-order valence-electron chi connectivity index (χ2n) is 5.59. The average molecular weight is 293 g/mol. The topological polar surface area (TPSA) is 30.0 Å². The van der Waals surface area contributed by atoms with E-state index in [2.05, 4.69) is 28.6 Å². The monoisotopic (exact) mass is 293 g/mol. The van der Waals surface area contributed by atoms with Crippen LogP contribution in [0.4, 0.5) is 0 Å². The van der Waals surface area contributed by atoms with Gasteiger partial charge in [-0.1, -0.05) is 30.3 Å². The Balaban J connectivity index is 2.06. The van der Waals surface area contributed by atoms with Crippen LogP contribution in [0.25, 0.3) is 21.3 Å². The summed E-state index contributed by atoms with van der Waals surface area (Å²) in [6.07, 6.45) is 2.04. The molecule has 3 aromatic rings. The Kier molecular flexibility index (Phi) is 2.89. The molecule has 4 rings (SSSR count). The van der Waals surface area contributed by atoms with E-state index in [4.69, 9.17) is 0 Å². The molecular formula is C18H15NOS. The molecule has 0 bridgehead atoms. The summed E-state index contributed by atoms with van der Waals surface area (Å²) in [6.45, 7) is 1.96. The van der Waals surface area contributed by atoms with Gasteiger partial charge in [-0.05, 0) is 36.8 Å². The van der Waals surface area contributed by atoms with Crippen molar-refractivity contribution in [3.05, 3.63) is 53.0 Å². The van der Waals surface area contributed by atoms with Gasteiger partial charge in [0.25, 0.3) is 0 Å². The van der Waals surface area contributed by atoms with Gasteiger partial charge in [-0.15, -0.1) is 11.3 Å². The van der Waals surface area contributed by atoms with E-state index < -0.39 is 0 Å². The van der Waals surface area contributed by atoms with Crippen molar-refractivity contribution in [3.8, 4) is 11.1 Å². The maximum absolute atomic E-state index is 12.8. The minimum Gasteiger partial charge on any atom is -0.294 e. The largest absolute Gasteiger partial charge is 0.294 e. The second kappa shape index (κ2) is 4.78. The van der Waals surface area contributed by atoms with Crippen LogP contribution in [-0.4, -0.2) is 10.8 Å². The van der Waals surface area contributed by atoms with Crippen molar-refractivity contribution in [2.75, 3.05) is 0 Å². The number of benzene rings is 1. The number of carbonyl (C=O) groups excluding carboxylic acids is 1. The summed E-state index contributed by atoms with van der Waals surface area (Å²) in [5.74, 6) is 0.482. The zero-order valence-electron chi connectivity index (χ0n) is 11.8. The van der Waals surface area contributed by atoms with E-state index in [0.717, 1.165) is 45.4 Å². The molecule has 1 fully saturated rings. The summed E-state index contributed by atoms with van der Waals surface area (Å²) < 4.78 is 0. The zero-order valence-corrected chi connectivity index (χ0v) is 12.6. The number of carbonyl (C=O) groups is 1. The average Bonchev–Trinajstić information content (AvgIpc) is 3.25. The van der Waals surface area contributed by atoms with Gasteiger partial charge < -0.3 is 0 Å². The number of Topliss-reactive ketones (excluding diaryl/α,β-unsaturated/α-hetero) is 1. The molecule has 0 saturated heterocycles. The van der Waals surface area contributed by atoms with Crippen molar-refractivity contribution < 1.29 is 4.79 Å². The van der Waals surface area contributed by atoms with Crippen LogP contribution in [0.15, 0.2) is 41.8 Å². The van der Waals surface area contributed by atoms with Crippen molar-refractivity contribution >= 4 is 27.3 Å². The Labute approximate surface area is 127 Å². The highest BCUT2D eigenvalue weighted by atomic mass is 32.1. The normalized spacial score (nSPS) is 14.5. The fraction of sp³-hybridized carbons (Fsp3) is 0.222. The Hall–Kier alpha value is -2.00. The number of aryl methyl sites for hydroxylation is 1. The first-order valence-electron chi connectivity index (χ1n) is 7.23. The van der Waals surface area contributed by atoms with E-state index in [-0.39, 0.29) is 11.7 Å². The molecule has 104 valence electrons. The lowest BCUT2D eigenvalue weighted by Gasteiger charge is -2.13. The van der Waals surface area contributed by atoms with Crippen LogP contribution in [0.5, 0.6) is 0 Å². The van der Waals surface area contributed by atoms with Crippen LogP contribution < -0.4 is 0 Å². The first kappa shape index (κ1) is 12.7. The molecule has 21 heavy (non-hydrogen) atoms. The summed E-state index contributed by atoms with van der Waals surface area (Å²) in [6, 6.07) is 12.3. The van der Waals surface area contributed by atoms with Crippen LogP contribution in [-0.2, 0) is 0 Å². The number of pyridine rings is 1. The standard InChI is InChI=1S/C18H15NOS/c1-11-15(17(20)13-7-8-13)16(12-5-3-2-4-6-12)14-9-10-21-18(14)19-11/h2-6,9-10,13H,7-8H2,1H3. The Morgan fingerprint density at radius 3 is 2.67 bits per heavy atom. The van der Waals surface area contributed by atoms with Crippen LogP contribution in [0, 0.1) is 12.8 Å². The van der Waals surface area contributed by atoms with Gasteiger partial charge in [-0.25, -0.2) is 4.98 Å². The van der Waals surface area contributed by atoms with Crippen molar-refractivity contribution in [3.63, 3.8) is 0 Å². The molecular weight excluding hydrogens is 278 g/mol.